The van der Waals surface area contributed by atoms with Gasteiger partial charge in [0, 0.05) is 31.7 Å². The Morgan fingerprint density at radius 2 is 2.14 bits per heavy atom. The quantitative estimate of drug-likeness (QED) is 0.551. The third kappa shape index (κ3) is 5.43. The second kappa shape index (κ2) is 10.4. The third-order valence-corrected chi connectivity index (χ3v) is 6.19. The molecule has 0 aliphatic carbocycles. The van der Waals surface area contributed by atoms with Crippen LogP contribution in [0.1, 0.15) is 49.7 Å². The van der Waals surface area contributed by atoms with E-state index in [0.29, 0.717) is 37.2 Å². The average molecular weight is 478 g/mol. The number of carbonyl (C=O) groups excluding carboxylic acids is 1. The average Bonchev–Trinajstić information content (AvgIpc) is 3.16. The van der Waals surface area contributed by atoms with E-state index in [0.717, 1.165) is 36.4 Å². The molecule has 3 heterocycles. The normalized spacial score (nSPS) is 18.8. The Bertz CT molecular complexity index is 1170. The summed E-state index contributed by atoms with van der Waals surface area (Å²) in [6.45, 7) is 8.47. The van der Waals surface area contributed by atoms with Crippen molar-refractivity contribution in [3.05, 3.63) is 35.5 Å². The first-order chi connectivity index (χ1) is 16.8. The first-order valence-electron chi connectivity index (χ1n) is 12.1. The summed E-state index contributed by atoms with van der Waals surface area (Å²) in [7, 11) is 1.77. The Morgan fingerprint density at radius 1 is 1.34 bits per heavy atom. The van der Waals surface area contributed by atoms with Gasteiger partial charge < -0.3 is 26.0 Å². The largest absolute Gasteiger partial charge is 0.490 e. The van der Waals surface area contributed by atoms with Crippen molar-refractivity contribution >= 4 is 23.4 Å². The highest BCUT2D eigenvalue weighted by atomic mass is 16.5. The minimum absolute atomic E-state index is 0.0837. The van der Waals surface area contributed by atoms with Gasteiger partial charge in [-0.05, 0) is 45.7 Å². The van der Waals surface area contributed by atoms with Crippen LogP contribution >= 0.6 is 0 Å². The van der Waals surface area contributed by atoms with Crippen LogP contribution in [-0.2, 0) is 6.54 Å². The first kappa shape index (κ1) is 24.6. The number of piperidine rings is 1. The molecule has 2 aliphatic rings. The minimum Gasteiger partial charge on any atom is -0.490 e. The standard InChI is InChI=1S/C26H35N7O2/c1-5-6-14-33-22(23(28-4)30-25(33)32-13-9-10-18(27)16-32)24(34)29-15-20-19-11-7-8-12-21(19)35-17-26(2,3)31-20/h7-8,11-12,18,28H,9-10,13-17,27H2,1-4H3,(H,29,34). The molecule has 0 bridgehead atoms. The molecule has 0 radical (unpaired) electrons. The predicted molar refractivity (Wildman–Crippen MR) is 140 cm³/mol. The predicted octanol–water partition coefficient (Wildman–Crippen LogP) is 2.27. The summed E-state index contributed by atoms with van der Waals surface area (Å²) >= 11 is 0. The van der Waals surface area contributed by atoms with E-state index < -0.39 is 5.54 Å². The fourth-order valence-corrected chi connectivity index (χ4v) is 4.51. The number of nitrogens with zero attached hydrogens (tertiary/aromatic N) is 4. The zero-order valence-electron chi connectivity index (χ0n) is 21.0. The molecule has 1 unspecified atom stereocenters. The SMILES string of the molecule is CC#CCn1c(N2CCCC(N)C2)nc(NC)c1C(=O)NCC1=NC(C)(C)COc2ccccc21. The number of hydrogen-bond donors (Lipinski definition) is 3. The highest BCUT2D eigenvalue weighted by molar-refractivity contribution is 6.07. The van der Waals surface area contributed by atoms with Gasteiger partial charge in [0.25, 0.3) is 5.91 Å². The van der Waals surface area contributed by atoms with E-state index in [-0.39, 0.29) is 18.5 Å². The van der Waals surface area contributed by atoms with E-state index in [1.54, 1.807) is 14.0 Å². The molecular weight excluding hydrogens is 442 g/mol. The van der Waals surface area contributed by atoms with Crippen molar-refractivity contribution in [1.29, 1.82) is 0 Å². The Kier molecular flexibility index (Phi) is 7.31. The number of benzene rings is 1. The monoisotopic (exact) mass is 477 g/mol. The van der Waals surface area contributed by atoms with Gasteiger partial charge in [0.1, 0.15) is 12.4 Å². The molecule has 1 aromatic heterocycles. The molecular formula is C26H35N7O2. The third-order valence-electron chi connectivity index (χ3n) is 6.19. The fraction of sp³-hybridized carbons (Fsp3) is 0.500. The van der Waals surface area contributed by atoms with Crippen LogP contribution in [0.15, 0.2) is 29.3 Å². The van der Waals surface area contributed by atoms with Gasteiger partial charge >= 0.3 is 0 Å². The van der Waals surface area contributed by atoms with Gasteiger partial charge in [-0.3, -0.25) is 14.4 Å². The van der Waals surface area contributed by atoms with Crippen LogP contribution in [-0.4, -0.2) is 66.0 Å². The van der Waals surface area contributed by atoms with E-state index >= 15 is 0 Å². The van der Waals surface area contributed by atoms with Gasteiger partial charge in [0.05, 0.1) is 24.3 Å². The molecule has 4 rings (SSSR count). The van der Waals surface area contributed by atoms with Crippen LogP contribution in [0.3, 0.4) is 0 Å². The fourth-order valence-electron chi connectivity index (χ4n) is 4.51. The van der Waals surface area contributed by atoms with Crippen molar-refractivity contribution < 1.29 is 9.53 Å². The Labute approximate surface area is 207 Å². The van der Waals surface area contributed by atoms with Gasteiger partial charge in [-0.15, -0.1) is 5.92 Å². The number of rotatable bonds is 6. The van der Waals surface area contributed by atoms with Crippen LogP contribution in [0.2, 0.25) is 0 Å². The smallest absolute Gasteiger partial charge is 0.272 e. The molecule has 35 heavy (non-hydrogen) atoms. The second-order valence-electron chi connectivity index (χ2n) is 9.56. The summed E-state index contributed by atoms with van der Waals surface area (Å²) in [5, 5.41) is 6.17. The van der Waals surface area contributed by atoms with Crippen molar-refractivity contribution in [1.82, 2.24) is 14.9 Å². The summed E-state index contributed by atoms with van der Waals surface area (Å²) in [5.74, 6) is 7.78. The number of nitrogens with one attached hydrogen (secondary N) is 2. The molecule has 1 aromatic carbocycles. The van der Waals surface area contributed by atoms with Crippen LogP contribution in [0.5, 0.6) is 5.75 Å². The van der Waals surface area contributed by atoms with E-state index in [4.69, 9.17) is 20.4 Å². The first-order valence-corrected chi connectivity index (χ1v) is 12.1. The lowest BCUT2D eigenvalue weighted by molar-refractivity contribution is 0.0951. The number of carbonyl (C=O) groups is 1. The lowest BCUT2D eigenvalue weighted by Gasteiger charge is -2.31. The molecule has 1 fully saturated rings. The van der Waals surface area contributed by atoms with Crippen molar-refractivity contribution in [3.8, 4) is 17.6 Å². The molecule has 1 saturated heterocycles. The molecule has 1 atom stereocenters. The number of para-hydroxylation sites is 1. The van der Waals surface area contributed by atoms with E-state index in [2.05, 4.69) is 27.4 Å². The molecule has 186 valence electrons. The maximum absolute atomic E-state index is 13.6. The van der Waals surface area contributed by atoms with Crippen LogP contribution < -0.4 is 26.0 Å². The maximum Gasteiger partial charge on any atom is 0.272 e. The van der Waals surface area contributed by atoms with Gasteiger partial charge in [-0.2, -0.15) is 4.98 Å². The number of imidazole rings is 1. The number of aliphatic imine (C=N–C) groups is 1. The lowest BCUT2D eigenvalue weighted by Crippen LogP contribution is -2.44. The van der Waals surface area contributed by atoms with Gasteiger partial charge in [0.2, 0.25) is 5.95 Å². The molecule has 1 amide bonds. The molecule has 2 aromatic rings. The maximum atomic E-state index is 13.6. The van der Waals surface area contributed by atoms with Gasteiger partial charge in [-0.1, -0.05) is 18.1 Å². The number of amides is 1. The molecule has 9 nitrogen and oxygen atoms in total. The molecule has 9 heteroatoms. The van der Waals surface area contributed by atoms with Crippen LogP contribution in [0.4, 0.5) is 11.8 Å². The summed E-state index contributed by atoms with van der Waals surface area (Å²) in [4.78, 5) is 25.4. The number of aromatic nitrogens is 2. The number of ether oxygens (including phenoxy) is 1. The molecule has 4 N–H and O–H groups in total. The van der Waals surface area contributed by atoms with Crippen molar-refractivity contribution in [2.75, 3.05) is 43.5 Å². The van der Waals surface area contributed by atoms with Gasteiger partial charge in [0.15, 0.2) is 11.5 Å². The van der Waals surface area contributed by atoms with E-state index in [1.165, 1.54) is 0 Å². The van der Waals surface area contributed by atoms with Crippen LogP contribution in [0.25, 0.3) is 0 Å². The Hall–Kier alpha value is -3.51. The number of anilines is 2. The number of fused-ring (bicyclic) bond motifs is 1. The molecule has 0 spiro atoms. The zero-order valence-corrected chi connectivity index (χ0v) is 21.0. The van der Waals surface area contributed by atoms with Gasteiger partial charge in [-0.25, -0.2) is 0 Å². The van der Waals surface area contributed by atoms with Crippen LogP contribution in [0, 0.1) is 11.8 Å². The van der Waals surface area contributed by atoms with Crippen molar-refractivity contribution in [2.45, 2.75) is 51.7 Å². The molecule has 2 aliphatic heterocycles. The number of nitrogens with two attached hydrogens (primary N) is 1. The summed E-state index contributed by atoms with van der Waals surface area (Å²) in [5.41, 5.74) is 7.94. The Balaban J connectivity index is 1.65. The number of hydrogen-bond acceptors (Lipinski definition) is 7. The second-order valence-corrected chi connectivity index (χ2v) is 9.56. The van der Waals surface area contributed by atoms with E-state index in [9.17, 15) is 4.79 Å². The highest BCUT2D eigenvalue weighted by Gasteiger charge is 2.29. The van der Waals surface area contributed by atoms with Crippen molar-refractivity contribution in [2.24, 2.45) is 10.7 Å². The lowest BCUT2D eigenvalue weighted by atomic mass is 10.1. The molecule has 0 saturated carbocycles. The minimum atomic E-state index is -0.409. The van der Waals surface area contributed by atoms with E-state index in [1.807, 2.05) is 42.7 Å². The summed E-state index contributed by atoms with van der Waals surface area (Å²) < 4.78 is 7.86. The summed E-state index contributed by atoms with van der Waals surface area (Å²) in [6, 6.07) is 7.88. The zero-order chi connectivity index (χ0) is 25.0. The highest BCUT2D eigenvalue weighted by Crippen LogP contribution is 2.28. The summed E-state index contributed by atoms with van der Waals surface area (Å²) in [6.07, 6.45) is 1.98. The Morgan fingerprint density at radius 3 is 2.89 bits per heavy atom. The van der Waals surface area contributed by atoms with Crippen molar-refractivity contribution in [3.63, 3.8) is 0 Å². The topological polar surface area (TPSA) is 110 Å².